The van der Waals surface area contributed by atoms with Crippen molar-refractivity contribution in [3.05, 3.63) is 44.6 Å². The van der Waals surface area contributed by atoms with E-state index in [2.05, 4.69) is 30.8 Å². The summed E-state index contributed by atoms with van der Waals surface area (Å²) in [6.45, 7) is 11.1. The van der Waals surface area contributed by atoms with Gasteiger partial charge in [-0.2, -0.15) is 0 Å². The van der Waals surface area contributed by atoms with Gasteiger partial charge in [0.05, 0.1) is 16.9 Å². The third-order valence-electron chi connectivity index (χ3n) is 2.38. The molecule has 0 saturated carbocycles. The number of benzene rings is 1. The maximum Gasteiger partial charge on any atom is 0.282 e. The summed E-state index contributed by atoms with van der Waals surface area (Å²) in [6.07, 6.45) is 0. The Morgan fingerprint density at radius 2 is 1.75 bits per heavy atom. The van der Waals surface area contributed by atoms with Crippen LogP contribution in [0.1, 0.15) is 11.1 Å². The first-order valence-electron chi connectivity index (χ1n) is 4.64. The number of thioether (sulfide) groups is 2. The minimum Gasteiger partial charge on any atom is -0.225 e. The predicted octanol–water partition coefficient (Wildman–Crippen LogP) is 4.11. The second-order valence-corrected chi connectivity index (χ2v) is 5.81. The van der Waals surface area contributed by atoms with E-state index in [0.29, 0.717) is 0 Å². The molecule has 0 amide bonds. The number of rotatable bonds is 0. The number of fused-ring (bicyclic) bond motifs is 1. The van der Waals surface area contributed by atoms with Gasteiger partial charge in [-0.25, -0.2) is 10.1 Å². The Bertz CT molecular complexity index is 525. The van der Waals surface area contributed by atoms with Gasteiger partial charge in [0, 0.05) is 9.79 Å². The maximum absolute atomic E-state index is 8.83. The molecule has 78 valence electrons. The highest BCUT2D eigenvalue weighted by Crippen LogP contribution is 2.52. The van der Waals surface area contributed by atoms with E-state index in [-0.39, 0.29) is 5.70 Å². The summed E-state index contributed by atoms with van der Waals surface area (Å²) in [6, 6.07) is 6.18. The number of hydrogen-bond acceptors (Lipinski definition) is 3. The largest absolute Gasteiger partial charge is 0.282 e. The van der Waals surface area contributed by atoms with Crippen molar-refractivity contribution >= 4 is 23.5 Å². The fraction of sp³-hybridized carbons (Fsp3) is 0.167. The Balaban J connectivity index is 2.48. The average molecular weight is 244 g/mol. The highest BCUT2D eigenvalue weighted by Gasteiger charge is 2.21. The average Bonchev–Trinajstić information content (AvgIpc) is 2.63. The molecule has 0 N–H and O–H groups in total. The standard InChI is InChI=1S/C12H8N2S2/c1-7-4-10-11(5-8(7)2)16-12(15-10)9(6-13)14-3/h4-5H,1-2H3. The van der Waals surface area contributed by atoms with Crippen molar-refractivity contribution in [1.29, 1.82) is 5.26 Å². The summed E-state index contributed by atoms with van der Waals surface area (Å²) >= 11 is 3.05. The normalized spacial score (nSPS) is 12.9. The van der Waals surface area contributed by atoms with E-state index in [1.165, 1.54) is 34.7 Å². The minimum atomic E-state index is 0.196. The van der Waals surface area contributed by atoms with E-state index in [9.17, 15) is 0 Å². The van der Waals surface area contributed by atoms with Crippen LogP contribution in [0.4, 0.5) is 0 Å². The second kappa shape index (κ2) is 4.25. The van der Waals surface area contributed by atoms with Crippen LogP contribution in [0.15, 0.2) is 31.9 Å². The molecule has 0 saturated heterocycles. The molecule has 0 aromatic heterocycles. The second-order valence-electron chi connectivity index (χ2n) is 3.45. The Kier molecular flexibility index (Phi) is 2.96. The molecule has 1 aromatic carbocycles. The lowest BCUT2D eigenvalue weighted by Gasteiger charge is -2.02. The molecular weight excluding hydrogens is 236 g/mol. The number of aryl methyl sites for hydroxylation is 2. The van der Waals surface area contributed by atoms with Crippen molar-refractivity contribution in [3.8, 4) is 6.07 Å². The fourth-order valence-corrected chi connectivity index (χ4v) is 3.88. The molecule has 1 aliphatic heterocycles. The Labute approximate surface area is 103 Å². The molecule has 0 fully saturated rings. The van der Waals surface area contributed by atoms with E-state index in [1.807, 2.05) is 6.07 Å². The number of nitrogens with zero attached hydrogens (tertiary/aromatic N) is 2. The van der Waals surface area contributed by atoms with Crippen molar-refractivity contribution in [2.45, 2.75) is 23.6 Å². The molecule has 0 radical (unpaired) electrons. The van der Waals surface area contributed by atoms with E-state index in [0.717, 1.165) is 14.0 Å². The topological polar surface area (TPSA) is 28.1 Å². The first-order valence-corrected chi connectivity index (χ1v) is 6.28. The zero-order chi connectivity index (χ0) is 11.7. The maximum atomic E-state index is 8.83. The van der Waals surface area contributed by atoms with Crippen molar-refractivity contribution in [1.82, 2.24) is 0 Å². The molecule has 1 heterocycles. The molecule has 2 rings (SSSR count). The van der Waals surface area contributed by atoms with Crippen LogP contribution in [-0.2, 0) is 0 Å². The molecule has 0 aliphatic carbocycles. The van der Waals surface area contributed by atoms with Crippen molar-refractivity contribution in [2.24, 2.45) is 0 Å². The van der Waals surface area contributed by atoms with Crippen molar-refractivity contribution in [3.63, 3.8) is 0 Å². The summed E-state index contributed by atoms with van der Waals surface area (Å²) in [4.78, 5) is 5.55. The van der Waals surface area contributed by atoms with Crippen LogP contribution >= 0.6 is 23.5 Å². The summed E-state index contributed by atoms with van der Waals surface area (Å²) < 4.78 is 0.803. The number of allylic oxidation sites excluding steroid dienone is 1. The lowest BCUT2D eigenvalue weighted by molar-refractivity contribution is 1.18. The van der Waals surface area contributed by atoms with Crippen LogP contribution in [0.25, 0.3) is 4.85 Å². The van der Waals surface area contributed by atoms with Gasteiger partial charge in [-0.05, 0) is 37.1 Å². The molecule has 0 unspecified atom stereocenters. The monoisotopic (exact) mass is 244 g/mol. The van der Waals surface area contributed by atoms with Gasteiger partial charge < -0.3 is 0 Å². The van der Waals surface area contributed by atoms with Crippen LogP contribution in [-0.4, -0.2) is 0 Å². The van der Waals surface area contributed by atoms with Gasteiger partial charge in [-0.1, -0.05) is 23.5 Å². The van der Waals surface area contributed by atoms with E-state index >= 15 is 0 Å². The summed E-state index contributed by atoms with van der Waals surface area (Å²) in [7, 11) is 0. The molecule has 1 aliphatic rings. The van der Waals surface area contributed by atoms with Crippen molar-refractivity contribution < 1.29 is 0 Å². The fourth-order valence-electron chi connectivity index (χ4n) is 1.36. The molecule has 2 nitrogen and oxygen atoms in total. The van der Waals surface area contributed by atoms with Gasteiger partial charge in [0.2, 0.25) is 0 Å². The van der Waals surface area contributed by atoms with Gasteiger partial charge >= 0.3 is 0 Å². The highest BCUT2D eigenvalue weighted by molar-refractivity contribution is 8.24. The first-order chi connectivity index (χ1) is 7.65. The number of hydrogen-bond donors (Lipinski definition) is 0. The summed E-state index contributed by atoms with van der Waals surface area (Å²) in [5, 5.41) is 8.83. The molecule has 0 atom stereocenters. The SMILES string of the molecule is [C-]#[N+]C(C#N)=C1Sc2cc(C)c(C)cc2S1. The Hall–Kier alpha value is -1.36. The van der Waals surface area contributed by atoms with Gasteiger partial charge in [-0.3, -0.25) is 0 Å². The smallest absolute Gasteiger partial charge is 0.225 e. The van der Waals surface area contributed by atoms with Crippen LogP contribution < -0.4 is 0 Å². The first kappa shape index (κ1) is 11.1. The van der Waals surface area contributed by atoms with Crippen LogP contribution in [0, 0.1) is 31.8 Å². The van der Waals surface area contributed by atoms with E-state index in [4.69, 9.17) is 11.8 Å². The molecule has 4 heteroatoms. The van der Waals surface area contributed by atoms with Crippen LogP contribution in [0.3, 0.4) is 0 Å². The summed E-state index contributed by atoms with van der Waals surface area (Å²) in [5.74, 6) is 0. The molecule has 0 bridgehead atoms. The molecule has 16 heavy (non-hydrogen) atoms. The lowest BCUT2D eigenvalue weighted by Crippen LogP contribution is -1.81. The Morgan fingerprint density at radius 3 is 2.12 bits per heavy atom. The third-order valence-corrected chi connectivity index (χ3v) is 4.88. The summed E-state index contributed by atoms with van der Waals surface area (Å²) in [5.41, 5.74) is 2.69. The zero-order valence-corrected chi connectivity index (χ0v) is 10.5. The molecule has 1 aromatic rings. The van der Waals surface area contributed by atoms with Gasteiger partial charge in [0.15, 0.2) is 0 Å². The van der Waals surface area contributed by atoms with E-state index < -0.39 is 0 Å². The molecule has 0 spiro atoms. The van der Waals surface area contributed by atoms with Crippen molar-refractivity contribution in [2.75, 3.05) is 0 Å². The predicted molar refractivity (Wildman–Crippen MR) is 66.9 cm³/mol. The minimum absolute atomic E-state index is 0.196. The van der Waals surface area contributed by atoms with Gasteiger partial charge in [-0.15, -0.1) is 0 Å². The van der Waals surface area contributed by atoms with Gasteiger partial charge in [0.25, 0.3) is 5.70 Å². The van der Waals surface area contributed by atoms with E-state index in [1.54, 1.807) is 0 Å². The quantitative estimate of drug-likeness (QED) is 0.508. The number of nitriles is 1. The van der Waals surface area contributed by atoms with Crippen LogP contribution in [0.5, 0.6) is 0 Å². The van der Waals surface area contributed by atoms with Crippen LogP contribution in [0.2, 0.25) is 0 Å². The Morgan fingerprint density at radius 1 is 1.25 bits per heavy atom. The molecular formula is C12H8N2S2. The zero-order valence-electron chi connectivity index (χ0n) is 8.87. The third kappa shape index (κ3) is 1.82. The van der Waals surface area contributed by atoms with Gasteiger partial charge in [0.1, 0.15) is 0 Å². The highest BCUT2D eigenvalue weighted by atomic mass is 32.2. The lowest BCUT2D eigenvalue weighted by atomic mass is 10.1.